The number of carbonyl (C=O) groups excluding carboxylic acids is 1. The fourth-order valence-electron chi connectivity index (χ4n) is 3.28. The van der Waals surface area contributed by atoms with E-state index in [9.17, 15) is 4.79 Å². The van der Waals surface area contributed by atoms with Gasteiger partial charge in [-0.3, -0.25) is 9.78 Å². The molecule has 1 aromatic carbocycles. The molecule has 0 aliphatic heterocycles. The maximum absolute atomic E-state index is 12.9. The number of carbonyl (C=O) groups is 1. The molecule has 4 rings (SSSR count). The Morgan fingerprint density at radius 1 is 1.12 bits per heavy atom. The first-order valence-corrected chi connectivity index (χ1v) is 8.32. The van der Waals surface area contributed by atoms with Crippen molar-refractivity contribution >= 4 is 17.5 Å². The van der Waals surface area contributed by atoms with Gasteiger partial charge in [0.25, 0.3) is 5.91 Å². The van der Waals surface area contributed by atoms with Crippen LogP contribution in [0.3, 0.4) is 0 Å². The van der Waals surface area contributed by atoms with Crippen molar-refractivity contribution in [1.82, 2.24) is 10.1 Å². The predicted molar refractivity (Wildman–Crippen MR) is 95.2 cm³/mol. The largest absolute Gasteiger partial charge is 0.367 e. The summed E-state index contributed by atoms with van der Waals surface area (Å²) in [4.78, 5) is 17.1. The van der Waals surface area contributed by atoms with Crippen molar-refractivity contribution < 1.29 is 9.32 Å². The van der Waals surface area contributed by atoms with Crippen LogP contribution in [-0.2, 0) is 12.8 Å². The van der Waals surface area contributed by atoms with Crippen molar-refractivity contribution in [3.63, 3.8) is 0 Å². The van der Waals surface area contributed by atoms with Gasteiger partial charge in [0.1, 0.15) is 11.3 Å². The molecule has 1 aliphatic rings. The molecule has 2 aromatic heterocycles. The number of amides is 1. The van der Waals surface area contributed by atoms with E-state index in [2.05, 4.69) is 21.5 Å². The van der Waals surface area contributed by atoms with Crippen LogP contribution in [0.25, 0.3) is 11.4 Å². The SMILES string of the molecule is Nc1onc(-c2ccccn2)c1C(=O)Nc1cccc2c1CCCC2. The van der Waals surface area contributed by atoms with Gasteiger partial charge in [-0.2, -0.15) is 0 Å². The smallest absolute Gasteiger partial charge is 0.263 e. The van der Waals surface area contributed by atoms with Crippen LogP contribution in [-0.4, -0.2) is 16.0 Å². The van der Waals surface area contributed by atoms with Crippen molar-refractivity contribution in [2.75, 3.05) is 11.1 Å². The Labute approximate surface area is 145 Å². The van der Waals surface area contributed by atoms with E-state index in [1.807, 2.05) is 18.2 Å². The van der Waals surface area contributed by atoms with Gasteiger partial charge in [0.05, 0.1) is 5.69 Å². The molecule has 3 aromatic rings. The zero-order valence-corrected chi connectivity index (χ0v) is 13.7. The molecule has 0 spiro atoms. The molecule has 2 heterocycles. The van der Waals surface area contributed by atoms with Crippen LogP contribution in [0.4, 0.5) is 11.6 Å². The maximum atomic E-state index is 12.9. The standard InChI is InChI=1S/C19H18N4O2/c20-18-16(17(23-25-18)15-9-3-4-11-21-15)19(24)22-14-10-5-7-12-6-1-2-8-13(12)14/h3-5,7,9-11H,1-2,6,8,20H2,(H,22,24). The van der Waals surface area contributed by atoms with E-state index in [-0.39, 0.29) is 17.4 Å². The normalized spacial score (nSPS) is 13.3. The lowest BCUT2D eigenvalue weighted by Crippen LogP contribution is -2.17. The molecular formula is C19H18N4O2. The predicted octanol–water partition coefficient (Wildman–Crippen LogP) is 3.45. The average molecular weight is 334 g/mol. The lowest BCUT2D eigenvalue weighted by Gasteiger charge is -2.19. The van der Waals surface area contributed by atoms with Gasteiger partial charge in [0.15, 0.2) is 0 Å². The van der Waals surface area contributed by atoms with Crippen molar-refractivity contribution in [3.05, 3.63) is 59.3 Å². The minimum absolute atomic E-state index is 0.0112. The summed E-state index contributed by atoms with van der Waals surface area (Å²) < 4.78 is 5.05. The molecule has 1 aliphatic carbocycles. The number of aromatic nitrogens is 2. The number of pyridine rings is 1. The van der Waals surface area contributed by atoms with Crippen LogP contribution in [0.15, 0.2) is 47.1 Å². The molecule has 25 heavy (non-hydrogen) atoms. The Balaban J connectivity index is 1.68. The number of aryl methyl sites for hydroxylation is 1. The highest BCUT2D eigenvalue weighted by molar-refractivity contribution is 6.11. The van der Waals surface area contributed by atoms with Gasteiger partial charge in [-0.25, -0.2) is 0 Å². The molecule has 3 N–H and O–H groups in total. The summed E-state index contributed by atoms with van der Waals surface area (Å²) in [5.41, 5.74) is 10.3. The molecule has 0 radical (unpaired) electrons. The molecule has 6 nitrogen and oxygen atoms in total. The highest BCUT2D eigenvalue weighted by Gasteiger charge is 2.24. The third-order valence-corrected chi connectivity index (χ3v) is 4.50. The number of fused-ring (bicyclic) bond motifs is 1. The second kappa shape index (κ2) is 6.39. The molecular weight excluding hydrogens is 316 g/mol. The minimum Gasteiger partial charge on any atom is -0.367 e. The number of nitrogens with two attached hydrogens (primary N) is 1. The summed E-state index contributed by atoms with van der Waals surface area (Å²) in [7, 11) is 0. The molecule has 0 atom stereocenters. The number of benzene rings is 1. The second-order valence-corrected chi connectivity index (χ2v) is 6.09. The van der Waals surface area contributed by atoms with Crippen LogP contribution >= 0.6 is 0 Å². The molecule has 0 unspecified atom stereocenters. The molecule has 0 bridgehead atoms. The number of nitrogens with one attached hydrogen (secondary N) is 1. The van der Waals surface area contributed by atoms with Gasteiger partial charge in [0.2, 0.25) is 5.88 Å². The molecule has 0 fully saturated rings. The molecule has 6 heteroatoms. The van der Waals surface area contributed by atoms with E-state index in [0.717, 1.165) is 24.9 Å². The summed E-state index contributed by atoms with van der Waals surface area (Å²) in [6, 6.07) is 11.4. The third kappa shape index (κ3) is 2.87. The number of rotatable bonds is 3. The maximum Gasteiger partial charge on any atom is 0.263 e. The minimum atomic E-state index is -0.335. The molecule has 0 saturated carbocycles. The van der Waals surface area contributed by atoms with E-state index < -0.39 is 0 Å². The summed E-state index contributed by atoms with van der Waals surface area (Å²) >= 11 is 0. The monoisotopic (exact) mass is 334 g/mol. The Kier molecular flexibility index (Phi) is 3.93. The number of hydrogen-bond donors (Lipinski definition) is 2. The second-order valence-electron chi connectivity index (χ2n) is 6.09. The Morgan fingerprint density at radius 3 is 2.84 bits per heavy atom. The molecule has 0 saturated heterocycles. The van der Waals surface area contributed by atoms with Crippen LogP contribution < -0.4 is 11.1 Å². The topological polar surface area (TPSA) is 94.0 Å². The van der Waals surface area contributed by atoms with Gasteiger partial charge in [-0.15, -0.1) is 0 Å². The quantitative estimate of drug-likeness (QED) is 0.765. The van der Waals surface area contributed by atoms with Crippen molar-refractivity contribution in [1.29, 1.82) is 0 Å². The van der Waals surface area contributed by atoms with Gasteiger partial charge in [0, 0.05) is 11.9 Å². The first-order chi connectivity index (χ1) is 12.2. The lowest BCUT2D eigenvalue weighted by atomic mass is 9.90. The number of anilines is 2. The first-order valence-electron chi connectivity index (χ1n) is 8.32. The molecule has 126 valence electrons. The van der Waals surface area contributed by atoms with Crippen molar-refractivity contribution in [3.8, 4) is 11.4 Å². The van der Waals surface area contributed by atoms with Gasteiger partial charge in [-0.1, -0.05) is 23.4 Å². The van der Waals surface area contributed by atoms with Gasteiger partial charge < -0.3 is 15.6 Å². The van der Waals surface area contributed by atoms with E-state index in [1.165, 1.54) is 17.5 Å². The van der Waals surface area contributed by atoms with Crippen LogP contribution in [0.2, 0.25) is 0 Å². The van der Waals surface area contributed by atoms with Gasteiger partial charge >= 0.3 is 0 Å². The average Bonchev–Trinajstić information content (AvgIpc) is 3.04. The van der Waals surface area contributed by atoms with Gasteiger partial charge in [-0.05, 0) is 55.0 Å². The lowest BCUT2D eigenvalue weighted by molar-refractivity contribution is 0.102. The Bertz CT molecular complexity index is 918. The number of hydrogen-bond acceptors (Lipinski definition) is 5. The van der Waals surface area contributed by atoms with Crippen molar-refractivity contribution in [2.45, 2.75) is 25.7 Å². The van der Waals surface area contributed by atoms with Crippen LogP contribution in [0, 0.1) is 0 Å². The van der Waals surface area contributed by atoms with E-state index in [4.69, 9.17) is 10.3 Å². The highest BCUT2D eigenvalue weighted by atomic mass is 16.5. The first kappa shape index (κ1) is 15.4. The van der Waals surface area contributed by atoms with Crippen LogP contribution in [0.1, 0.15) is 34.3 Å². The highest BCUT2D eigenvalue weighted by Crippen LogP contribution is 2.30. The number of nitrogen functional groups attached to an aromatic ring is 1. The summed E-state index contributed by atoms with van der Waals surface area (Å²) in [6.07, 6.45) is 5.97. The number of nitrogens with zero attached hydrogens (tertiary/aromatic N) is 2. The Hall–Kier alpha value is -3.15. The fraction of sp³-hybridized carbons (Fsp3) is 0.211. The molecule has 1 amide bonds. The van der Waals surface area contributed by atoms with E-state index in [1.54, 1.807) is 18.3 Å². The third-order valence-electron chi connectivity index (χ3n) is 4.50. The van der Waals surface area contributed by atoms with Crippen molar-refractivity contribution in [2.24, 2.45) is 0 Å². The summed E-state index contributed by atoms with van der Waals surface area (Å²) in [5.74, 6) is -0.346. The summed E-state index contributed by atoms with van der Waals surface area (Å²) in [5, 5.41) is 6.89. The van der Waals surface area contributed by atoms with E-state index >= 15 is 0 Å². The van der Waals surface area contributed by atoms with Crippen LogP contribution in [0.5, 0.6) is 0 Å². The Morgan fingerprint density at radius 2 is 2.00 bits per heavy atom. The van der Waals surface area contributed by atoms with E-state index in [0.29, 0.717) is 11.4 Å². The zero-order valence-electron chi connectivity index (χ0n) is 13.7. The fourth-order valence-corrected chi connectivity index (χ4v) is 3.28. The zero-order chi connectivity index (χ0) is 17.2. The summed E-state index contributed by atoms with van der Waals surface area (Å²) in [6.45, 7) is 0.